The Morgan fingerprint density at radius 3 is 2.38 bits per heavy atom. The molecule has 0 saturated heterocycles. The summed E-state index contributed by atoms with van der Waals surface area (Å²) < 4.78 is 0. The van der Waals surface area contributed by atoms with E-state index in [2.05, 4.69) is 51.1 Å². The van der Waals surface area contributed by atoms with Crippen molar-refractivity contribution >= 4 is 0 Å². The van der Waals surface area contributed by atoms with Gasteiger partial charge in [-0.15, -0.1) is 0 Å². The van der Waals surface area contributed by atoms with Crippen LogP contribution < -0.4 is 0 Å². The highest BCUT2D eigenvalue weighted by Crippen LogP contribution is 2.35. The van der Waals surface area contributed by atoms with Gasteiger partial charge in [-0.25, -0.2) is 0 Å². The summed E-state index contributed by atoms with van der Waals surface area (Å²) in [5.74, 6) is 0.376. The first-order chi connectivity index (χ1) is 7.62. The van der Waals surface area contributed by atoms with Gasteiger partial charge in [-0.2, -0.15) is 0 Å². The first kappa shape index (κ1) is 13.2. The van der Waals surface area contributed by atoms with Crippen LogP contribution in [0.15, 0.2) is 30.3 Å². The molecule has 0 spiro atoms. The lowest BCUT2D eigenvalue weighted by molar-refractivity contribution is 0.103. The van der Waals surface area contributed by atoms with Gasteiger partial charge in [-0.1, -0.05) is 57.5 Å². The molecule has 1 rings (SSSR count). The summed E-state index contributed by atoms with van der Waals surface area (Å²) >= 11 is 0. The first-order valence-electron chi connectivity index (χ1n) is 6.27. The molecule has 1 nitrogen and oxygen atoms in total. The molecule has 0 aromatic heterocycles. The lowest BCUT2D eigenvalue weighted by Crippen LogP contribution is -2.28. The van der Waals surface area contributed by atoms with E-state index in [0.29, 0.717) is 12.5 Å². The number of hydrogen-bond acceptors (Lipinski definition) is 1. The molecule has 2 atom stereocenters. The van der Waals surface area contributed by atoms with Crippen LogP contribution in [0.4, 0.5) is 0 Å². The number of hydrogen-bond donors (Lipinski definition) is 1. The summed E-state index contributed by atoms with van der Waals surface area (Å²) in [7, 11) is 0. The van der Waals surface area contributed by atoms with Crippen molar-refractivity contribution < 1.29 is 5.11 Å². The van der Waals surface area contributed by atoms with E-state index >= 15 is 0 Å². The highest BCUT2D eigenvalue weighted by Gasteiger charge is 2.28. The minimum Gasteiger partial charge on any atom is -0.396 e. The smallest absolute Gasteiger partial charge is 0.0461 e. The van der Waals surface area contributed by atoms with Crippen LogP contribution in [0, 0.1) is 11.3 Å². The summed E-state index contributed by atoms with van der Waals surface area (Å²) in [5, 5.41) is 9.30. The fourth-order valence-corrected chi connectivity index (χ4v) is 2.07. The summed E-state index contributed by atoms with van der Waals surface area (Å²) in [6.45, 7) is 6.95. The van der Waals surface area contributed by atoms with E-state index in [1.54, 1.807) is 0 Å². The average Bonchev–Trinajstić information content (AvgIpc) is 2.36. The van der Waals surface area contributed by atoms with Gasteiger partial charge in [-0.05, 0) is 29.7 Å². The molecule has 1 heteroatoms. The second-order valence-electron chi connectivity index (χ2n) is 5.08. The predicted molar refractivity (Wildman–Crippen MR) is 69.4 cm³/mol. The molecule has 0 bridgehead atoms. The van der Waals surface area contributed by atoms with Crippen LogP contribution in [0.2, 0.25) is 0 Å². The van der Waals surface area contributed by atoms with E-state index in [9.17, 15) is 5.11 Å². The number of aryl methyl sites for hydroxylation is 1. The SMILES string of the molecule is CC[C@](C)(CCc1ccccc1)C(C)CO. The molecule has 90 valence electrons. The molecule has 0 aliphatic carbocycles. The van der Waals surface area contributed by atoms with Gasteiger partial charge in [0.05, 0.1) is 0 Å². The van der Waals surface area contributed by atoms with Crippen molar-refractivity contribution in [2.75, 3.05) is 6.61 Å². The normalized spacial score (nSPS) is 16.8. The minimum atomic E-state index is 0.255. The molecule has 0 fully saturated rings. The molecule has 0 aliphatic rings. The number of benzene rings is 1. The lowest BCUT2D eigenvalue weighted by Gasteiger charge is -2.34. The predicted octanol–water partition coefficient (Wildman–Crippen LogP) is 3.66. The molecule has 0 saturated carbocycles. The van der Waals surface area contributed by atoms with Crippen LogP contribution in [0.3, 0.4) is 0 Å². The van der Waals surface area contributed by atoms with Crippen molar-refractivity contribution in [2.24, 2.45) is 11.3 Å². The largest absolute Gasteiger partial charge is 0.396 e. The Morgan fingerprint density at radius 1 is 1.25 bits per heavy atom. The maximum atomic E-state index is 9.30. The average molecular weight is 220 g/mol. The summed E-state index contributed by atoms with van der Waals surface area (Å²) in [4.78, 5) is 0. The number of aliphatic hydroxyl groups is 1. The van der Waals surface area contributed by atoms with Gasteiger partial charge >= 0.3 is 0 Å². The van der Waals surface area contributed by atoms with E-state index in [1.165, 1.54) is 5.56 Å². The van der Waals surface area contributed by atoms with Crippen LogP contribution in [-0.4, -0.2) is 11.7 Å². The Morgan fingerprint density at radius 2 is 1.88 bits per heavy atom. The van der Waals surface area contributed by atoms with Crippen molar-refractivity contribution in [1.29, 1.82) is 0 Å². The van der Waals surface area contributed by atoms with Gasteiger partial charge in [0.2, 0.25) is 0 Å². The van der Waals surface area contributed by atoms with Crippen molar-refractivity contribution in [3.8, 4) is 0 Å². The van der Waals surface area contributed by atoms with Crippen LogP contribution in [0.5, 0.6) is 0 Å². The fourth-order valence-electron chi connectivity index (χ4n) is 2.07. The minimum absolute atomic E-state index is 0.255. The van der Waals surface area contributed by atoms with Crippen LogP contribution in [0.1, 0.15) is 39.2 Å². The van der Waals surface area contributed by atoms with Gasteiger partial charge in [0.25, 0.3) is 0 Å². The third-order valence-corrected chi connectivity index (χ3v) is 4.10. The molecule has 0 radical (unpaired) electrons. The zero-order valence-electron chi connectivity index (χ0n) is 10.7. The van der Waals surface area contributed by atoms with Crippen molar-refractivity contribution in [1.82, 2.24) is 0 Å². The van der Waals surface area contributed by atoms with E-state index in [-0.39, 0.29) is 5.41 Å². The van der Waals surface area contributed by atoms with Gasteiger partial charge in [0.15, 0.2) is 0 Å². The summed E-state index contributed by atoms with van der Waals surface area (Å²) in [5.41, 5.74) is 1.65. The Bertz CT molecular complexity index is 294. The monoisotopic (exact) mass is 220 g/mol. The van der Waals surface area contributed by atoms with Gasteiger partial charge in [0, 0.05) is 6.61 Å². The van der Waals surface area contributed by atoms with Crippen molar-refractivity contribution in [2.45, 2.75) is 40.0 Å². The molecular formula is C15H24O. The Hall–Kier alpha value is -0.820. The molecular weight excluding hydrogens is 196 g/mol. The third kappa shape index (κ3) is 3.34. The molecule has 1 N–H and O–H groups in total. The Balaban J connectivity index is 2.58. The van der Waals surface area contributed by atoms with E-state index < -0.39 is 0 Å². The van der Waals surface area contributed by atoms with Crippen LogP contribution in [-0.2, 0) is 6.42 Å². The first-order valence-corrected chi connectivity index (χ1v) is 6.27. The standard InChI is InChI=1S/C15H24O/c1-4-15(3,13(2)12-16)11-10-14-8-6-5-7-9-14/h5-9,13,16H,4,10-12H2,1-3H3/t13?,15-/m1/s1. The molecule has 0 heterocycles. The van der Waals surface area contributed by atoms with E-state index in [1.807, 2.05) is 0 Å². The molecule has 0 aliphatic heterocycles. The van der Waals surface area contributed by atoms with Gasteiger partial charge < -0.3 is 5.11 Å². The fraction of sp³-hybridized carbons (Fsp3) is 0.600. The van der Waals surface area contributed by atoms with Gasteiger partial charge in [-0.3, -0.25) is 0 Å². The molecule has 1 aromatic carbocycles. The maximum Gasteiger partial charge on any atom is 0.0461 e. The second kappa shape index (κ2) is 6.05. The quantitative estimate of drug-likeness (QED) is 0.775. The second-order valence-corrected chi connectivity index (χ2v) is 5.08. The number of aliphatic hydroxyl groups excluding tert-OH is 1. The zero-order chi connectivity index (χ0) is 12.0. The topological polar surface area (TPSA) is 20.2 Å². The Labute approximate surface area is 99.5 Å². The third-order valence-electron chi connectivity index (χ3n) is 4.10. The van der Waals surface area contributed by atoms with E-state index in [0.717, 1.165) is 19.3 Å². The molecule has 1 unspecified atom stereocenters. The Kier molecular flexibility index (Phi) is 5.01. The van der Waals surface area contributed by atoms with Crippen LogP contribution >= 0.6 is 0 Å². The lowest BCUT2D eigenvalue weighted by atomic mass is 9.72. The summed E-state index contributed by atoms with van der Waals surface area (Å²) in [6, 6.07) is 10.6. The van der Waals surface area contributed by atoms with Crippen molar-refractivity contribution in [3.05, 3.63) is 35.9 Å². The highest BCUT2D eigenvalue weighted by molar-refractivity contribution is 5.14. The number of rotatable bonds is 6. The molecule has 16 heavy (non-hydrogen) atoms. The van der Waals surface area contributed by atoms with Gasteiger partial charge in [0.1, 0.15) is 0 Å². The summed E-state index contributed by atoms with van der Waals surface area (Å²) in [6.07, 6.45) is 3.38. The molecule has 0 amide bonds. The zero-order valence-corrected chi connectivity index (χ0v) is 10.7. The van der Waals surface area contributed by atoms with E-state index in [4.69, 9.17) is 0 Å². The molecule has 1 aromatic rings. The van der Waals surface area contributed by atoms with Crippen molar-refractivity contribution in [3.63, 3.8) is 0 Å². The highest BCUT2D eigenvalue weighted by atomic mass is 16.3. The maximum absolute atomic E-state index is 9.30. The van der Waals surface area contributed by atoms with Crippen LogP contribution in [0.25, 0.3) is 0 Å².